The van der Waals surface area contributed by atoms with Crippen LogP contribution in [0.25, 0.3) is 0 Å². The van der Waals surface area contributed by atoms with Gasteiger partial charge in [0.1, 0.15) is 11.9 Å². The summed E-state index contributed by atoms with van der Waals surface area (Å²) in [6.45, 7) is 6.72. The van der Waals surface area contributed by atoms with Crippen molar-refractivity contribution >= 4 is 15.9 Å². The van der Waals surface area contributed by atoms with E-state index >= 15 is 0 Å². The van der Waals surface area contributed by atoms with Crippen LogP contribution in [0, 0.1) is 5.41 Å². The van der Waals surface area contributed by atoms with E-state index in [9.17, 15) is 0 Å². The summed E-state index contributed by atoms with van der Waals surface area (Å²) in [6.07, 6.45) is 4.93. The summed E-state index contributed by atoms with van der Waals surface area (Å²) < 4.78 is 6.19. The maximum Gasteiger partial charge on any atom is 0.119 e. The van der Waals surface area contributed by atoms with E-state index in [0.717, 1.165) is 18.6 Å². The van der Waals surface area contributed by atoms with Gasteiger partial charge < -0.3 is 4.74 Å². The van der Waals surface area contributed by atoms with Crippen molar-refractivity contribution in [3.8, 4) is 5.75 Å². The molecule has 0 saturated heterocycles. The van der Waals surface area contributed by atoms with E-state index in [0.29, 0.717) is 16.3 Å². The molecule has 100 valence electrons. The van der Waals surface area contributed by atoms with Crippen LogP contribution in [0.1, 0.15) is 45.6 Å². The zero-order valence-electron chi connectivity index (χ0n) is 11.6. The predicted molar refractivity (Wildman–Crippen MR) is 80.6 cm³/mol. The monoisotopic (exact) mass is 310 g/mol. The minimum absolute atomic E-state index is 0.323. The van der Waals surface area contributed by atoms with Crippen molar-refractivity contribution in [2.45, 2.75) is 57.4 Å². The first-order valence-corrected chi connectivity index (χ1v) is 7.97. The third-order valence-electron chi connectivity index (χ3n) is 4.61. The molecule has 1 aliphatic carbocycles. The lowest BCUT2D eigenvalue weighted by Gasteiger charge is -2.52. The lowest BCUT2D eigenvalue weighted by atomic mass is 9.62. The Balaban J connectivity index is 2.05. The average Bonchev–Trinajstić information content (AvgIpc) is 2.40. The van der Waals surface area contributed by atoms with E-state index in [1.165, 1.54) is 18.4 Å². The Labute approximate surface area is 119 Å². The van der Waals surface area contributed by atoms with Crippen molar-refractivity contribution < 1.29 is 4.74 Å². The molecule has 1 aromatic rings. The highest BCUT2D eigenvalue weighted by atomic mass is 79.9. The van der Waals surface area contributed by atoms with E-state index in [-0.39, 0.29) is 0 Å². The first-order chi connectivity index (χ1) is 8.66. The van der Waals surface area contributed by atoms with Crippen LogP contribution in [-0.2, 0) is 6.42 Å². The van der Waals surface area contributed by atoms with Gasteiger partial charge in [-0.2, -0.15) is 0 Å². The molecule has 0 amide bonds. The minimum atomic E-state index is 0.323. The Morgan fingerprint density at radius 1 is 1.17 bits per heavy atom. The Bertz CT molecular complexity index is 381. The Morgan fingerprint density at radius 3 is 2.22 bits per heavy atom. The van der Waals surface area contributed by atoms with Crippen LogP contribution in [0.3, 0.4) is 0 Å². The van der Waals surface area contributed by atoms with Gasteiger partial charge in [-0.05, 0) is 43.4 Å². The SMILES string of the molecule is CCc1ccc(OC2CC(Br)C2(CC)CC)cc1. The fourth-order valence-electron chi connectivity index (χ4n) is 2.98. The van der Waals surface area contributed by atoms with Gasteiger partial charge in [0.05, 0.1) is 0 Å². The standard InChI is InChI=1S/C16H23BrO/c1-4-12-7-9-13(10-8-12)18-15-11-14(17)16(15,5-2)6-3/h7-10,14-15H,4-6,11H2,1-3H3. The smallest absolute Gasteiger partial charge is 0.119 e. The second-order valence-corrected chi connectivity index (χ2v) is 6.35. The molecular formula is C16H23BrO. The van der Waals surface area contributed by atoms with Gasteiger partial charge in [0, 0.05) is 10.2 Å². The fraction of sp³-hybridized carbons (Fsp3) is 0.625. The van der Waals surface area contributed by atoms with Crippen molar-refractivity contribution in [3.05, 3.63) is 29.8 Å². The minimum Gasteiger partial charge on any atom is -0.490 e. The van der Waals surface area contributed by atoms with Crippen LogP contribution in [0.5, 0.6) is 5.75 Å². The van der Waals surface area contributed by atoms with Gasteiger partial charge >= 0.3 is 0 Å². The van der Waals surface area contributed by atoms with Crippen LogP contribution in [0.2, 0.25) is 0 Å². The summed E-state index contributed by atoms with van der Waals surface area (Å²) in [4.78, 5) is 0.611. The fourth-order valence-corrected chi connectivity index (χ4v) is 4.26. The molecule has 1 fully saturated rings. The van der Waals surface area contributed by atoms with Gasteiger partial charge in [-0.1, -0.05) is 48.8 Å². The first-order valence-electron chi connectivity index (χ1n) is 7.06. The van der Waals surface area contributed by atoms with E-state index in [4.69, 9.17) is 4.74 Å². The van der Waals surface area contributed by atoms with Gasteiger partial charge in [-0.25, -0.2) is 0 Å². The number of halogens is 1. The highest BCUT2D eigenvalue weighted by Crippen LogP contribution is 2.52. The molecule has 0 aromatic heterocycles. The molecule has 0 N–H and O–H groups in total. The van der Waals surface area contributed by atoms with Crippen molar-refractivity contribution in [3.63, 3.8) is 0 Å². The Hall–Kier alpha value is -0.500. The van der Waals surface area contributed by atoms with Crippen molar-refractivity contribution in [1.29, 1.82) is 0 Å². The number of ether oxygens (including phenoxy) is 1. The number of alkyl halides is 1. The van der Waals surface area contributed by atoms with E-state index in [1.54, 1.807) is 0 Å². The van der Waals surface area contributed by atoms with Crippen LogP contribution in [0.15, 0.2) is 24.3 Å². The normalized spacial score (nSPS) is 25.6. The highest BCUT2D eigenvalue weighted by Gasteiger charge is 2.53. The van der Waals surface area contributed by atoms with E-state index in [2.05, 4.69) is 61.0 Å². The van der Waals surface area contributed by atoms with Crippen LogP contribution < -0.4 is 4.74 Å². The average molecular weight is 311 g/mol. The zero-order valence-corrected chi connectivity index (χ0v) is 13.2. The Kier molecular flexibility index (Phi) is 4.37. The second kappa shape index (κ2) is 5.64. The summed E-state index contributed by atoms with van der Waals surface area (Å²) >= 11 is 3.80. The molecule has 0 radical (unpaired) electrons. The first kappa shape index (κ1) is 13.9. The molecule has 2 atom stereocenters. The topological polar surface area (TPSA) is 9.23 Å². The Morgan fingerprint density at radius 2 is 1.78 bits per heavy atom. The van der Waals surface area contributed by atoms with Crippen molar-refractivity contribution in [1.82, 2.24) is 0 Å². The van der Waals surface area contributed by atoms with Crippen LogP contribution in [-0.4, -0.2) is 10.9 Å². The van der Waals surface area contributed by atoms with Crippen molar-refractivity contribution in [2.75, 3.05) is 0 Å². The lowest BCUT2D eigenvalue weighted by Crippen LogP contribution is -2.56. The molecule has 0 spiro atoms. The molecule has 0 aliphatic heterocycles. The largest absolute Gasteiger partial charge is 0.490 e. The predicted octanol–water partition coefficient (Wildman–Crippen LogP) is 4.97. The molecule has 18 heavy (non-hydrogen) atoms. The molecule has 1 nitrogen and oxygen atoms in total. The third-order valence-corrected chi connectivity index (χ3v) is 5.90. The second-order valence-electron chi connectivity index (χ2n) is 5.25. The molecule has 2 heteroatoms. The molecular weight excluding hydrogens is 288 g/mol. The van der Waals surface area contributed by atoms with Gasteiger partial charge in [-0.3, -0.25) is 0 Å². The van der Waals surface area contributed by atoms with E-state index < -0.39 is 0 Å². The van der Waals surface area contributed by atoms with Crippen LogP contribution >= 0.6 is 15.9 Å². The third kappa shape index (κ3) is 2.32. The van der Waals surface area contributed by atoms with Crippen LogP contribution in [0.4, 0.5) is 0 Å². The molecule has 1 aromatic carbocycles. The van der Waals surface area contributed by atoms with Crippen molar-refractivity contribution in [2.24, 2.45) is 5.41 Å². The quantitative estimate of drug-likeness (QED) is 0.698. The molecule has 1 aliphatic rings. The zero-order chi connectivity index (χ0) is 13.2. The summed E-state index contributed by atoms with van der Waals surface area (Å²) in [5, 5.41) is 0. The number of aryl methyl sites for hydroxylation is 1. The highest BCUT2D eigenvalue weighted by molar-refractivity contribution is 9.09. The van der Waals surface area contributed by atoms with Gasteiger partial charge in [-0.15, -0.1) is 0 Å². The summed E-state index contributed by atoms with van der Waals surface area (Å²) in [5.41, 5.74) is 1.69. The maximum atomic E-state index is 6.19. The molecule has 0 bridgehead atoms. The molecule has 0 heterocycles. The number of benzene rings is 1. The van der Waals surface area contributed by atoms with Gasteiger partial charge in [0.2, 0.25) is 0 Å². The molecule has 2 rings (SSSR count). The number of hydrogen-bond donors (Lipinski definition) is 0. The number of rotatable bonds is 5. The van der Waals surface area contributed by atoms with Gasteiger partial charge in [0.25, 0.3) is 0 Å². The molecule has 2 unspecified atom stereocenters. The lowest BCUT2D eigenvalue weighted by molar-refractivity contribution is -0.0411. The molecule has 1 saturated carbocycles. The number of hydrogen-bond acceptors (Lipinski definition) is 1. The van der Waals surface area contributed by atoms with E-state index in [1.807, 2.05) is 0 Å². The summed E-state index contributed by atoms with van der Waals surface area (Å²) in [7, 11) is 0. The maximum absolute atomic E-state index is 6.19. The van der Waals surface area contributed by atoms with Gasteiger partial charge in [0.15, 0.2) is 0 Å². The summed E-state index contributed by atoms with van der Waals surface area (Å²) in [5.74, 6) is 1.02. The summed E-state index contributed by atoms with van der Waals surface area (Å²) in [6, 6.07) is 8.55.